The molecule has 14 heavy (non-hydrogen) atoms. The maximum Gasteiger partial charge on any atom is 0.254 e. The van der Waals surface area contributed by atoms with Crippen molar-refractivity contribution in [1.82, 2.24) is 0 Å². The average Bonchev–Trinajstić information content (AvgIpc) is 2.17. The van der Waals surface area contributed by atoms with Gasteiger partial charge >= 0.3 is 0 Å². The van der Waals surface area contributed by atoms with Gasteiger partial charge in [0.1, 0.15) is 0 Å². The largest absolute Gasteiger partial charge is 0.370 e. The maximum absolute atomic E-state index is 13.3. The van der Waals surface area contributed by atoms with Crippen LogP contribution in [0, 0.1) is 5.41 Å². The molecule has 0 aliphatic rings. The smallest absolute Gasteiger partial charge is 0.254 e. The minimum absolute atomic E-state index is 0.0831. The van der Waals surface area contributed by atoms with E-state index in [9.17, 15) is 4.48 Å². The summed E-state index contributed by atoms with van der Waals surface area (Å²) in [7, 11) is 0. The fraction of sp³-hybridized carbons (Fsp3) is 0. The van der Waals surface area contributed by atoms with Gasteiger partial charge in [-0.3, -0.25) is 5.41 Å². The molecule has 0 aliphatic carbocycles. The molecule has 0 spiro atoms. The van der Waals surface area contributed by atoms with Crippen LogP contribution in [0.25, 0.3) is 0 Å². The molecule has 0 unspecified atom stereocenters. The number of aliphatic imine (C=N–C) groups is 1. The van der Waals surface area contributed by atoms with E-state index in [4.69, 9.17) is 16.9 Å². The summed E-state index contributed by atoms with van der Waals surface area (Å²) in [5.41, 5.74) is 10.2. The van der Waals surface area contributed by atoms with Gasteiger partial charge in [0.2, 0.25) is 0 Å². The number of hydrogen-bond acceptors (Lipinski definition) is 1. The molecule has 0 fully saturated rings. The van der Waals surface area contributed by atoms with Crippen LogP contribution in [0.15, 0.2) is 35.3 Å². The van der Waals surface area contributed by atoms with Crippen molar-refractivity contribution >= 4 is 17.6 Å². The summed E-state index contributed by atoms with van der Waals surface area (Å²) < 4.78 is 13.3. The molecule has 5 nitrogen and oxygen atoms in total. The first-order chi connectivity index (χ1) is 6.61. The van der Waals surface area contributed by atoms with E-state index >= 15 is 0 Å². The van der Waals surface area contributed by atoms with Gasteiger partial charge in [-0.1, -0.05) is 22.7 Å². The highest BCUT2D eigenvalue weighted by Gasteiger charge is 2.09. The third-order valence-electron chi connectivity index (χ3n) is 1.40. The van der Waals surface area contributed by atoms with E-state index in [0.29, 0.717) is 0 Å². The van der Waals surface area contributed by atoms with Gasteiger partial charge in [0, 0.05) is 0 Å². The van der Waals surface area contributed by atoms with E-state index in [-0.39, 0.29) is 16.8 Å². The second kappa shape index (κ2) is 4.22. The number of halogens is 1. The third kappa shape index (κ3) is 2.44. The quantitative estimate of drug-likeness (QED) is 0.348. The van der Waals surface area contributed by atoms with Crippen molar-refractivity contribution in [3.05, 3.63) is 30.3 Å². The highest BCUT2D eigenvalue weighted by atomic mass is 19.2. The number of nitrogens with zero attached hydrogens (tertiary/aromatic N) is 2. The fourth-order valence-electron chi connectivity index (χ4n) is 0.847. The highest BCUT2D eigenvalue weighted by Crippen LogP contribution is 2.13. The second-order valence-electron chi connectivity index (χ2n) is 2.48. The van der Waals surface area contributed by atoms with Gasteiger partial charge < -0.3 is 11.5 Å². The van der Waals surface area contributed by atoms with E-state index in [0.717, 1.165) is 0 Å². The molecule has 0 atom stereocenters. The Morgan fingerprint density at radius 3 is 2.36 bits per heavy atom. The van der Waals surface area contributed by atoms with E-state index in [1.165, 1.54) is 12.1 Å². The first kappa shape index (κ1) is 9.97. The maximum atomic E-state index is 13.3. The van der Waals surface area contributed by atoms with Crippen LogP contribution in [0.5, 0.6) is 0 Å². The molecule has 5 N–H and O–H groups in total. The monoisotopic (exact) mass is 195 g/mol. The van der Waals surface area contributed by atoms with Crippen molar-refractivity contribution in [2.45, 2.75) is 0 Å². The molecule has 74 valence electrons. The Balaban J connectivity index is 2.81. The predicted octanol–water partition coefficient (Wildman–Crippen LogP) is 0.586. The van der Waals surface area contributed by atoms with Gasteiger partial charge in [-0.2, -0.15) is 4.99 Å². The zero-order valence-electron chi connectivity index (χ0n) is 7.31. The van der Waals surface area contributed by atoms with Crippen molar-refractivity contribution in [1.29, 1.82) is 5.41 Å². The Morgan fingerprint density at radius 2 is 1.86 bits per heavy atom. The van der Waals surface area contributed by atoms with Crippen molar-refractivity contribution in [2.75, 3.05) is 5.12 Å². The van der Waals surface area contributed by atoms with Crippen LogP contribution in [0.4, 0.5) is 10.2 Å². The Labute approximate surface area is 80.3 Å². The van der Waals surface area contributed by atoms with E-state index in [2.05, 4.69) is 4.99 Å². The lowest BCUT2D eigenvalue weighted by molar-refractivity contribution is 0.516. The van der Waals surface area contributed by atoms with Crippen LogP contribution in [0.1, 0.15) is 0 Å². The number of benzene rings is 1. The van der Waals surface area contributed by atoms with Crippen LogP contribution in [0.2, 0.25) is 0 Å². The first-order valence-corrected chi connectivity index (χ1v) is 3.80. The lowest BCUT2D eigenvalue weighted by Gasteiger charge is -2.10. The second-order valence-corrected chi connectivity index (χ2v) is 2.48. The van der Waals surface area contributed by atoms with Gasteiger partial charge in [0.05, 0.1) is 5.69 Å². The van der Waals surface area contributed by atoms with Crippen LogP contribution >= 0.6 is 0 Å². The lowest BCUT2D eigenvalue weighted by atomic mass is 10.3. The normalized spacial score (nSPS) is 9.21. The molecular weight excluding hydrogens is 185 g/mol. The first-order valence-electron chi connectivity index (χ1n) is 3.80. The number of hydrogen-bond donors (Lipinski definition) is 3. The Kier molecular flexibility index (Phi) is 3.01. The molecule has 1 rings (SSSR count). The summed E-state index contributed by atoms with van der Waals surface area (Å²) in [4.78, 5) is 3.26. The molecule has 0 aliphatic heterocycles. The molecular formula is C8H10FN5. The van der Waals surface area contributed by atoms with Crippen LogP contribution in [-0.2, 0) is 0 Å². The molecule has 1 aromatic rings. The lowest BCUT2D eigenvalue weighted by Crippen LogP contribution is -2.28. The Morgan fingerprint density at radius 1 is 1.29 bits per heavy atom. The summed E-state index contributed by atoms with van der Waals surface area (Å²) >= 11 is 0. The number of rotatable bonds is 1. The molecule has 0 saturated heterocycles. The van der Waals surface area contributed by atoms with Crippen molar-refractivity contribution in [3.63, 3.8) is 0 Å². The van der Waals surface area contributed by atoms with E-state index in [1.54, 1.807) is 18.2 Å². The standard InChI is InChI=1S/C8H10FN5/c9-14(8(12)13-7(10)11)6-4-2-1-3-5-6/h1-5H,(H5,10,11,12,13). The topological polar surface area (TPSA) is 91.5 Å². The van der Waals surface area contributed by atoms with Gasteiger partial charge in [-0.05, 0) is 12.1 Å². The zero-order chi connectivity index (χ0) is 10.6. The average molecular weight is 195 g/mol. The molecule has 0 heterocycles. The molecule has 0 radical (unpaired) electrons. The summed E-state index contributed by atoms with van der Waals surface area (Å²) in [5.74, 6) is -1.01. The van der Waals surface area contributed by atoms with Gasteiger partial charge in [-0.15, -0.1) is 5.12 Å². The fourth-order valence-corrected chi connectivity index (χ4v) is 0.847. The number of anilines is 1. The minimum atomic E-state index is -0.656. The molecule has 0 bridgehead atoms. The summed E-state index contributed by atoms with van der Waals surface area (Å²) in [6.45, 7) is 0. The van der Waals surface area contributed by atoms with Crippen molar-refractivity contribution in [3.8, 4) is 0 Å². The van der Waals surface area contributed by atoms with Crippen LogP contribution < -0.4 is 16.6 Å². The number of nitrogens with two attached hydrogens (primary N) is 2. The summed E-state index contributed by atoms with van der Waals surface area (Å²) in [6, 6.07) is 8.02. The Bertz CT molecular complexity index is 344. The summed E-state index contributed by atoms with van der Waals surface area (Å²) in [5, 5.41) is 7.25. The summed E-state index contributed by atoms with van der Waals surface area (Å²) in [6.07, 6.45) is 0. The molecule has 0 saturated carbocycles. The molecule has 0 aromatic heterocycles. The van der Waals surface area contributed by atoms with E-state index in [1.807, 2.05) is 0 Å². The molecule has 1 aromatic carbocycles. The number of guanidine groups is 2. The molecule has 0 amide bonds. The van der Waals surface area contributed by atoms with Gasteiger partial charge in [0.15, 0.2) is 5.96 Å². The number of para-hydroxylation sites is 1. The van der Waals surface area contributed by atoms with Crippen molar-refractivity contribution < 1.29 is 4.48 Å². The van der Waals surface area contributed by atoms with Crippen molar-refractivity contribution in [2.24, 2.45) is 16.5 Å². The minimum Gasteiger partial charge on any atom is -0.370 e. The molecule has 6 heteroatoms. The van der Waals surface area contributed by atoms with Gasteiger partial charge in [0.25, 0.3) is 5.96 Å². The Hall–Kier alpha value is -2.11. The van der Waals surface area contributed by atoms with Gasteiger partial charge in [-0.25, -0.2) is 0 Å². The van der Waals surface area contributed by atoms with E-state index < -0.39 is 5.96 Å². The third-order valence-corrected chi connectivity index (χ3v) is 1.40. The van der Waals surface area contributed by atoms with Crippen LogP contribution in [-0.4, -0.2) is 11.9 Å². The highest BCUT2D eigenvalue weighted by molar-refractivity contribution is 5.99. The SMILES string of the molecule is N=C(N=C(N)N)N(F)c1ccccc1. The van der Waals surface area contributed by atoms with Crippen LogP contribution in [0.3, 0.4) is 0 Å². The zero-order valence-corrected chi connectivity index (χ0v) is 7.31. The predicted molar refractivity (Wildman–Crippen MR) is 53.6 cm³/mol. The number of nitrogens with one attached hydrogen (secondary N) is 1.